The molecule has 0 amide bonds. The Labute approximate surface area is 94.3 Å². The Morgan fingerprint density at radius 3 is 2.44 bits per heavy atom. The van der Waals surface area contributed by atoms with Gasteiger partial charge in [0.15, 0.2) is 11.6 Å². The summed E-state index contributed by atoms with van der Waals surface area (Å²) in [6.45, 7) is 5.65. The molecule has 0 spiro atoms. The molecule has 86 valence electrons. The fourth-order valence-corrected chi connectivity index (χ4v) is 1.39. The Morgan fingerprint density at radius 2 is 2.00 bits per heavy atom. The van der Waals surface area contributed by atoms with E-state index < -0.39 is 17.6 Å². The van der Waals surface area contributed by atoms with Crippen molar-refractivity contribution in [1.29, 1.82) is 5.26 Å². The molecule has 0 aliphatic heterocycles. The minimum absolute atomic E-state index is 0.157. The molecule has 0 aliphatic rings. The van der Waals surface area contributed by atoms with Crippen LogP contribution in [0.15, 0.2) is 12.1 Å². The maximum atomic E-state index is 13.3. The summed E-state index contributed by atoms with van der Waals surface area (Å²) >= 11 is 0. The molecule has 4 heteroatoms. The molecule has 3 nitrogen and oxygen atoms in total. The molecule has 1 rings (SSSR count). The summed E-state index contributed by atoms with van der Waals surface area (Å²) in [5, 5.41) is 18.3. The Bertz CT molecular complexity index is 444. The molecule has 0 bridgehead atoms. The summed E-state index contributed by atoms with van der Waals surface area (Å²) in [4.78, 5) is 0. The lowest BCUT2D eigenvalue weighted by atomic mass is 9.82. The standard InChI is InChI=1S/C12H15FN2O/c1-12(2,3)11(15)8-4-7(6-14)5-9(13)10(8)16/h4-5,11,16H,15H2,1-3H3/t11-/m0/s1. The number of rotatable bonds is 1. The Balaban J connectivity index is 3.34. The molecule has 0 fully saturated rings. The highest BCUT2D eigenvalue weighted by Gasteiger charge is 2.26. The van der Waals surface area contributed by atoms with Crippen LogP contribution in [0.25, 0.3) is 0 Å². The van der Waals surface area contributed by atoms with Gasteiger partial charge in [-0.3, -0.25) is 0 Å². The van der Waals surface area contributed by atoms with E-state index in [-0.39, 0.29) is 16.5 Å². The van der Waals surface area contributed by atoms with Crippen molar-refractivity contribution in [3.8, 4) is 11.8 Å². The maximum Gasteiger partial charge on any atom is 0.166 e. The van der Waals surface area contributed by atoms with Crippen LogP contribution in [0, 0.1) is 22.6 Å². The molecule has 0 heterocycles. The number of halogens is 1. The van der Waals surface area contributed by atoms with Crippen molar-refractivity contribution in [2.45, 2.75) is 26.8 Å². The van der Waals surface area contributed by atoms with Crippen LogP contribution in [-0.4, -0.2) is 5.11 Å². The number of phenolic OH excluding ortho intramolecular Hbond substituents is 1. The molecule has 0 radical (unpaired) electrons. The molecule has 0 saturated carbocycles. The molecule has 0 unspecified atom stereocenters. The maximum absolute atomic E-state index is 13.3. The fourth-order valence-electron chi connectivity index (χ4n) is 1.39. The van der Waals surface area contributed by atoms with Crippen molar-refractivity contribution in [3.63, 3.8) is 0 Å². The second-order valence-corrected chi connectivity index (χ2v) is 4.85. The topological polar surface area (TPSA) is 70.0 Å². The predicted molar refractivity (Wildman–Crippen MR) is 59.2 cm³/mol. The molecule has 0 aromatic heterocycles. The molecule has 1 aromatic carbocycles. The van der Waals surface area contributed by atoms with Gasteiger partial charge in [-0.05, 0) is 17.5 Å². The average molecular weight is 222 g/mol. The molecule has 1 atom stereocenters. The van der Waals surface area contributed by atoms with Gasteiger partial charge in [-0.1, -0.05) is 20.8 Å². The number of nitriles is 1. The number of nitrogens with zero attached hydrogens (tertiary/aromatic N) is 1. The predicted octanol–water partition coefficient (Wildman–Crippen LogP) is 2.45. The van der Waals surface area contributed by atoms with Crippen LogP contribution < -0.4 is 5.73 Å². The summed E-state index contributed by atoms with van der Waals surface area (Å²) in [5.74, 6) is -1.28. The minimum Gasteiger partial charge on any atom is -0.505 e. The van der Waals surface area contributed by atoms with Gasteiger partial charge in [0.1, 0.15) is 0 Å². The summed E-state index contributed by atoms with van der Waals surface area (Å²) in [6.07, 6.45) is 0. The van der Waals surface area contributed by atoms with Crippen molar-refractivity contribution < 1.29 is 9.50 Å². The Hall–Kier alpha value is -1.60. The first-order valence-corrected chi connectivity index (χ1v) is 4.95. The Kier molecular flexibility index (Phi) is 3.20. The number of benzene rings is 1. The van der Waals surface area contributed by atoms with E-state index >= 15 is 0 Å². The van der Waals surface area contributed by atoms with Crippen LogP contribution in [0.5, 0.6) is 5.75 Å². The van der Waals surface area contributed by atoms with E-state index in [0.717, 1.165) is 6.07 Å². The van der Waals surface area contributed by atoms with Crippen molar-refractivity contribution in [2.24, 2.45) is 11.1 Å². The first-order valence-electron chi connectivity index (χ1n) is 4.95. The third-order valence-electron chi connectivity index (χ3n) is 2.49. The van der Waals surface area contributed by atoms with Gasteiger partial charge in [-0.15, -0.1) is 0 Å². The number of aromatic hydroxyl groups is 1. The zero-order chi connectivity index (χ0) is 12.5. The lowest BCUT2D eigenvalue weighted by Gasteiger charge is -2.28. The molecule has 3 N–H and O–H groups in total. The first kappa shape index (κ1) is 12.5. The van der Waals surface area contributed by atoms with E-state index in [4.69, 9.17) is 11.0 Å². The quantitative estimate of drug-likeness (QED) is 0.766. The SMILES string of the molecule is CC(C)(C)[C@@H](N)c1cc(C#N)cc(F)c1O. The molecular formula is C12H15FN2O. The molecule has 1 aromatic rings. The molecule has 0 aliphatic carbocycles. The van der Waals surface area contributed by atoms with Gasteiger partial charge in [0.25, 0.3) is 0 Å². The van der Waals surface area contributed by atoms with Gasteiger partial charge in [-0.2, -0.15) is 5.26 Å². The number of phenols is 1. The van der Waals surface area contributed by atoms with Crippen molar-refractivity contribution in [3.05, 3.63) is 29.1 Å². The van der Waals surface area contributed by atoms with Crippen LogP contribution in [0.2, 0.25) is 0 Å². The number of hydrogen-bond acceptors (Lipinski definition) is 3. The van der Waals surface area contributed by atoms with E-state index in [9.17, 15) is 9.50 Å². The zero-order valence-corrected chi connectivity index (χ0v) is 9.58. The van der Waals surface area contributed by atoms with Crippen molar-refractivity contribution in [2.75, 3.05) is 0 Å². The second kappa shape index (κ2) is 4.11. The summed E-state index contributed by atoms with van der Waals surface area (Å²) in [6, 6.07) is 3.72. The van der Waals surface area contributed by atoms with E-state index in [1.54, 1.807) is 0 Å². The largest absolute Gasteiger partial charge is 0.505 e. The molecule has 0 saturated heterocycles. The van der Waals surface area contributed by atoms with Crippen molar-refractivity contribution >= 4 is 0 Å². The third kappa shape index (κ3) is 2.31. The third-order valence-corrected chi connectivity index (χ3v) is 2.49. The highest BCUT2D eigenvalue weighted by molar-refractivity contribution is 5.44. The van der Waals surface area contributed by atoms with Crippen LogP contribution >= 0.6 is 0 Å². The fraction of sp³-hybridized carbons (Fsp3) is 0.417. The number of nitrogens with two attached hydrogens (primary N) is 1. The van der Waals surface area contributed by atoms with Gasteiger partial charge in [0.05, 0.1) is 11.6 Å². The van der Waals surface area contributed by atoms with Crippen LogP contribution in [0.4, 0.5) is 4.39 Å². The van der Waals surface area contributed by atoms with Gasteiger partial charge >= 0.3 is 0 Å². The van der Waals surface area contributed by atoms with Gasteiger partial charge in [0, 0.05) is 11.6 Å². The minimum atomic E-state index is -0.811. The second-order valence-electron chi connectivity index (χ2n) is 4.85. The number of hydrogen-bond donors (Lipinski definition) is 2. The van der Waals surface area contributed by atoms with E-state index in [0.29, 0.717) is 0 Å². The smallest absolute Gasteiger partial charge is 0.166 e. The molecule has 16 heavy (non-hydrogen) atoms. The van der Waals surface area contributed by atoms with E-state index in [1.165, 1.54) is 6.07 Å². The summed E-state index contributed by atoms with van der Waals surface area (Å²) in [5.41, 5.74) is 6.03. The van der Waals surface area contributed by atoms with E-state index in [1.807, 2.05) is 26.8 Å². The van der Waals surface area contributed by atoms with Crippen LogP contribution in [0.3, 0.4) is 0 Å². The van der Waals surface area contributed by atoms with Gasteiger partial charge in [0.2, 0.25) is 0 Å². The lowest BCUT2D eigenvalue weighted by molar-refractivity contribution is 0.313. The molecular weight excluding hydrogens is 207 g/mol. The monoisotopic (exact) mass is 222 g/mol. The zero-order valence-electron chi connectivity index (χ0n) is 9.58. The Morgan fingerprint density at radius 1 is 1.44 bits per heavy atom. The summed E-state index contributed by atoms with van der Waals surface area (Å²) in [7, 11) is 0. The van der Waals surface area contributed by atoms with Gasteiger partial charge < -0.3 is 10.8 Å². The van der Waals surface area contributed by atoms with Gasteiger partial charge in [-0.25, -0.2) is 4.39 Å². The van der Waals surface area contributed by atoms with Crippen LogP contribution in [-0.2, 0) is 0 Å². The average Bonchev–Trinajstić information content (AvgIpc) is 2.19. The van der Waals surface area contributed by atoms with Crippen molar-refractivity contribution in [1.82, 2.24) is 0 Å². The highest BCUT2D eigenvalue weighted by atomic mass is 19.1. The van der Waals surface area contributed by atoms with Crippen LogP contribution in [0.1, 0.15) is 37.9 Å². The normalized spacial score (nSPS) is 13.2. The lowest BCUT2D eigenvalue weighted by Crippen LogP contribution is -2.26. The first-order chi connectivity index (χ1) is 7.27. The highest BCUT2D eigenvalue weighted by Crippen LogP contribution is 2.36. The summed E-state index contributed by atoms with van der Waals surface area (Å²) < 4.78 is 13.3. The van der Waals surface area contributed by atoms with E-state index in [2.05, 4.69) is 0 Å².